The topological polar surface area (TPSA) is 114 Å². The van der Waals surface area contributed by atoms with Crippen LogP contribution >= 0.6 is 11.3 Å². The van der Waals surface area contributed by atoms with Crippen LogP contribution < -0.4 is 10.0 Å². The Labute approximate surface area is 147 Å². The molecule has 2 heterocycles. The van der Waals surface area contributed by atoms with E-state index in [1.807, 2.05) is 29.2 Å². The number of nitrogens with zero attached hydrogens (tertiary/aromatic N) is 2. The van der Waals surface area contributed by atoms with Gasteiger partial charge in [0.2, 0.25) is 11.7 Å². The van der Waals surface area contributed by atoms with E-state index in [-0.39, 0.29) is 17.3 Å². The van der Waals surface area contributed by atoms with Gasteiger partial charge in [0.05, 0.1) is 16.3 Å². The SMILES string of the molecule is Cc1ccc(S(=O)(=O)NC(=O)NCc2nc(-c3cccs3)no2)cc1. The molecule has 25 heavy (non-hydrogen) atoms. The molecule has 0 aliphatic rings. The Balaban J connectivity index is 1.58. The third-order valence-electron chi connectivity index (χ3n) is 3.17. The van der Waals surface area contributed by atoms with Gasteiger partial charge in [0.15, 0.2) is 0 Å². The normalized spacial score (nSPS) is 11.2. The van der Waals surface area contributed by atoms with E-state index in [0.29, 0.717) is 5.82 Å². The molecule has 0 bridgehead atoms. The van der Waals surface area contributed by atoms with E-state index < -0.39 is 16.1 Å². The van der Waals surface area contributed by atoms with Gasteiger partial charge in [-0.1, -0.05) is 28.9 Å². The maximum atomic E-state index is 12.1. The Bertz CT molecular complexity index is 963. The average molecular weight is 378 g/mol. The molecule has 0 radical (unpaired) electrons. The number of aryl methyl sites for hydroxylation is 1. The van der Waals surface area contributed by atoms with E-state index in [1.54, 1.807) is 12.1 Å². The summed E-state index contributed by atoms with van der Waals surface area (Å²) in [4.78, 5) is 16.8. The Kier molecular flexibility index (Phi) is 4.81. The lowest BCUT2D eigenvalue weighted by molar-refractivity contribution is 0.243. The Hall–Kier alpha value is -2.72. The molecular weight excluding hydrogens is 364 g/mol. The van der Waals surface area contributed by atoms with Crippen LogP contribution in [-0.4, -0.2) is 24.6 Å². The number of hydrogen-bond acceptors (Lipinski definition) is 7. The summed E-state index contributed by atoms with van der Waals surface area (Å²) >= 11 is 1.46. The van der Waals surface area contributed by atoms with Crippen molar-refractivity contribution in [1.29, 1.82) is 0 Å². The first-order valence-electron chi connectivity index (χ1n) is 7.18. The fourth-order valence-corrected chi connectivity index (χ4v) is 3.50. The van der Waals surface area contributed by atoms with Gasteiger partial charge in [-0.25, -0.2) is 17.9 Å². The van der Waals surface area contributed by atoms with Gasteiger partial charge in [-0.15, -0.1) is 11.3 Å². The number of amides is 2. The summed E-state index contributed by atoms with van der Waals surface area (Å²) in [6.45, 7) is 1.75. The molecule has 0 spiro atoms. The van der Waals surface area contributed by atoms with Crippen molar-refractivity contribution in [2.75, 3.05) is 0 Å². The molecule has 10 heteroatoms. The highest BCUT2D eigenvalue weighted by atomic mass is 32.2. The van der Waals surface area contributed by atoms with Crippen LogP contribution in [0, 0.1) is 6.92 Å². The zero-order valence-electron chi connectivity index (χ0n) is 13.1. The molecule has 2 N–H and O–H groups in total. The molecule has 3 aromatic rings. The highest BCUT2D eigenvalue weighted by Crippen LogP contribution is 2.21. The Morgan fingerprint density at radius 2 is 2.00 bits per heavy atom. The van der Waals surface area contributed by atoms with Gasteiger partial charge in [0.1, 0.15) is 0 Å². The predicted octanol–water partition coefficient (Wildman–Crippen LogP) is 2.29. The van der Waals surface area contributed by atoms with Crippen LogP contribution in [0.25, 0.3) is 10.7 Å². The molecule has 0 unspecified atom stereocenters. The third kappa shape index (κ3) is 4.22. The summed E-state index contributed by atoms with van der Waals surface area (Å²) in [6, 6.07) is 8.97. The lowest BCUT2D eigenvalue weighted by atomic mass is 10.2. The molecule has 0 saturated heterocycles. The van der Waals surface area contributed by atoms with Crippen LogP contribution in [-0.2, 0) is 16.6 Å². The number of aromatic nitrogens is 2. The molecule has 0 aliphatic heterocycles. The van der Waals surface area contributed by atoms with Crippen LogP contribution in [0.2, 0.25) is 0 Å². The molecule has 1 aromatic carbocycles. The zero-order chi connectivity index (χ0) is 17.9. The molecule has 0 atom stereocenters. The smallest absolute Gasteiger partial charge is 0.329 e. The third-order valence-corrected chi connectivity index (χ3v) is 5.38. The number of sulfonamides is 1. The van der Waals surface area contributed by atoms with Gasteiger partial charge in [-0.2, -0.15) is 4.98 Å². The molecule has 0 saturated carbocycles. The van der Waals surface area contributed by atoms with Gasteiger partial charge >= 0.3 is 6.03 Å². The quantitative estimate of drug-likeness (QED) is 0.704. The molecular formula is C15H14N4O4S2. The van der Waals surface area contributed by atoms with Gasteiger partial charge in [-0.3, -0.25) is 0 Å². The van der Waals surface area contributed by atoms with Gasteiger partial charge in [0.25, 0.3) is 10.0 Å². The largest absolute Gasteiger partial charge is 0.337 e. The van der Waals surface area contributed by atoms with E-state index in [1.165, 1.54) is 23.5 Å². The Morgan fingerprint density at radius 3 is 2.68 bits per heavy atom. The number of carbonyl (C=O) groups is 1. The summed E-state index contributed by atoms with van der Waals surface area (Å²) in [7, 11) is -3.94. The number of hydrogen-bond donors (Lipinski definition) is 2. The summed E-state index contributed by atoms with van der Waals surface area (Å²) < 4.78 is 31.2. The van der Waals surface area contributed by atoms with Crippen molar-refractivity contribution in [3.05, 3.63) is 53.2 Å². The maximum Gasteiger partial charge on any atom is 0.329 e. The van der Waals surface area contributed by atoms with E-state index in [4.69, 9.17) is 4.52 Å². The lowest BCUT2D eigenvalue weighted by Crippen LogP contribution is -2.39. The molecule has 3 rings (SSSR count). The summed E-state index contributed by atoms with van der Waals surface area (Å²) in [5.74, 6) is 0.589. The maximum absolute atomic E-state index is 12.1. The van der Waals surface area contributed by atoms with Gasteiger partial charge in [0, 0.05) is 0 Å². The number of carbonyl (C=O) groups excluding carboxylic acids is 1. The number of nitrogens with one attached hydrogen (secondary N) is 2. The average Bonchev–Trinajstić information content (AvgIpc) is 3.24. The molecule has 2 aromatic heterocycles. The van der Waals surface area contributed by atoms with E-state index >= 15 is 0 Å². The fourth-order valence-electron chi connectivity index (χ4n) is 1.92. The number of thiophene rings is 1. The van der Waals surface area contributed by atoms with Crippen molar-refractivity contribution in [1.82, 2.24) is 20.2 Å². The first kappa shape index (κ1) is 17.1. The second-order valence-electron chi connectivity index (χ2n) is 5.09. The standard InChI is InChI=1S/C15H14N4O4S2/c1-10-4-6-11(7-5-10)25(21,22)19-15(20)16-9-13-17-14(18-23-13)12-3-2-8-24-12/h2-8H,9H2,1H3,(H2,16,19,20). The number of benzene rings is 1. The van der Waals surface area contributed by atoms with Crippen molar-refractivity contribution in [2.24, 2.45) is 0 Å². The minimum absolute atomic E-state index is 0.00558. The fraction of sp³-hybridized carbons (Fsp3) is 0.133. The van der Waals surface area contributed by atoms with E-state index in [0.717, 1.165) is 10.4 Å². The van der Waals surface area contributed by atoms with Crippen LogP contribution in [0.4, 0.5) is 4.79 Å². The minimum atomic E-state index is -3.94. The van der Waals surface area contributed by atoms with Crippen molar-refractivity contribution < 1.29 is 17.7 Å². The van der Waals surface area contributed by atoms with E-state index in [2.05, 4.69) is 15.5 Å². The highest BCUT2D eigenvalue weighted by Gasteiger charge is 2.18. The lowest BCUT2D eigenvalue weighted by Gasteiger charge is -2.07. The summed E-state index contributed by atoms with van der Waals surface area (Å²) in [5, 5.41) is 8.06. The molecule has 130 valence electrons. The first-order valence-corrected chi connectivity index (χ1v) is 9.54. The predicted molar refractivity (Wildman–Crippen MR) is 91.3 cm³/mol. The van der Waals surface area contributed by atoms with Crippen molar-refractivity contribution in [3.8, 4) is 10.7 Å². The van der Waals surface area contributed by atoms with Crippen LogP contribution in [0.1, 0.15) is 11.5 Å². The Morgan fingerprint density at radius 1 is 1.24 bits per heavy atom. The number of urea groups is 1. The highest BCUT2D eigenvalue weighted by molar-refractivity contribution is 7.90. The van der Waals surface area contributed by atoms with Crippen molar-refractivity contribution >= 4 is 27.4 Å². The van der Waals surface area contributed by atoms with Crippen molar-refractivity contribution in [2.45, 2.75) is 18.4 Å². The summed E-state index contributed by atoms with van der Waals surface area (Å²) in [6.07, 6.45) is 0. The minimum Gasteiger partial charge on any atom is -0.337 e. The van der Waals surface area contributed by atoms with Gasteiger partial charge < -0.3 is 9.84 Å². The van der Waals surface area contributed by atoms with Crippen LogP contribution in [0.15, 0.2) is 51.2 Å². The molecule has 8 nitrogen and oxygen atoms in total. The van der Waals surface area contributed by atoms with E-state index in [9.17, 15) is 13.2 Å². The second kappa shape index (κ2) is 7.03. The summed E-state index contributed by atoms with van der Waals surface area (Å²) in [5.41, 5.74) is 0.918. The monoisotopic (exact) mass is 378 g/mol. The number of rotatable bonds is 5. The molecule has 2 amide bonds. The second-order valence-corrected chi connectivity index (χ2v) is 7.72. The van der Waals surface area contributed by atoms with Gasteiger partial charge in [-0.05, 0) is 30.5 Å². The molecule has 0 aliphatic carbocycles. The van der Waals surface area contributed by atoms with Crippen molar-refractivity contribution in [3.63, 3.8) is 0 Å². The van der Waals surface area contributed by atoms with Crippen LogP contribution in [0.3, 0.4) is 0 Å². The van der Waals surface area contributed by atoms with Crippen LogP contribution in [0.5, 0.6) is 0 Å². The zero-order valence-corrected chi connectivity index (χ0v) is 14.7. The first-order chi connectivity index (χ1) is 11.9. The molecule has 0 fully saturated rings.